The van der Waals surface area contributed by atoms with Gasteiger partial charge in [0.25, 0.3) is 11.8 Å². The third kappa shape index (κ3) is 33.0. The summed E-state index contributed by atoms with van der Waals surface area (Å²) in [6.45, 7) is 3.96. The van der Waals surface area contributed by atoms with Gasteiger partial charge in [0.1, 0.15) is 0 Å². The lowest BCUT2D eigenvalue weighted by Gasteiger charge is -2.16. The molecule has 500 valence electrons. The number of nitrogens with one attached hydrogen (secondary N) is 12. The number of alkyl halides is 9. The highest BCUT2D eigenvalue weighted by atomic mass is 32.2. The van der Waals surface area contributed by atoms with Crippen molar-refractivity contribution < 1.29 is 112 Å². The highest BCUT2D eigenvalue weighted by Gasteiger charge is 2.43. The minimum Gasteiger partial charge on any atom is -0.475 e. The number of rotatable bonds is 33. The predicted molar refractivity (Wildman–Crippen MR) is 300 cm³/mol. The predicted octanol–water partition coefficient (Wildman–Crippen LogP) is 1.51. The van der Waals surface area contributed by atoms with Crippen molar-refractivity contribution >= 4 is 88.7 Å². The molecular weight excluding hydrogens is 1250 g/mol. The van der Waals surface area contributed by atoms with Crippen LogP contribution in [0.15, 0.2) is 18.2 Å². The van der Waals surface area contributed by atoms with Gasteiger partial charge in [-0.05, 0) is 43.9 Å². The number of carbonyl (C=O) groups is 8. The van der Waals surface area contributed by atoms with E-state index in [1.54, 1.807) is 0 Å². The number of guanidine groups is 2. The quantitative estimate of drug-likeness (QED) is 0.0350. The third-order valence-corrected chi connectivity index (χ3v) is 15.0. The van der Waals surface area contributed by atoms with Crippen molar-refractivity contribution in [2.75, 3.05) is 109 Å². The summed E-state index contributed by atoms with van der Waals surface area (Å²) < 4.78 is 117. The van der Waals surface area contributed by atoms with Crippen LogP contribution in [0.25, 0.3) is 0 Å². The second-order valence-corrected chi connectivity index (χ2v) is 21.4. The number of aliphatic carboxylic acids is 3. The van der Waals surface area contributed by atoms with E-state index in [-0.39, 0.29) is 93.4 Å². The Morgan fingerprint density at radius 2 is 0.852 bits per heavy atom. The second kappa shape index (κ2) is 40.7. The van der Waals surface area contributed by atoms with E-state index in [1.807, 2.05) is 23.5 Å². The van der Waals surface area contributed by atoms with E-state index >= 15 is 0 Å². The van der Waals surface area contributed by atoms with Crippen molar-refractivity contribution in [3.05, 3.63) is 29.3 Å². The number of halogens is 9. The molecule has 88 heavy (non-hydrogen) atoms. The fourth-order valence-corrected chi connectivity index (χ4v) is 11.1. The maximum absolute atomic E-state index is 13.2. The molecule has 4 saturated heterocycles. The molecule has 4 aliphatic heterocycles. The van der Waals surface area contributed by atoms with E-state index in [4.69, 9.17) is 65.2 Å². The Balaban J connectivity index is 0.00000107. The zero-order chi connectivity index (χ0) is 65.9. The number of benzene rings is 1. The first-order valence-corrected chi connectivity index (χ1v) is 29.2. The van der Waals surface area contributed by atoms with Crippen molar-refractivity contribution in [3.63, 3.8) is 0 Å². The first kappa shape index (κ1) is 77.3. The molecule has 0 unspecified atom stereocenters. The zero-order valence-electron chi connectivity index (χ0n) is 47.2. The molecule has 0 aromatic heterocycles. The molecule has 1 aromatic carbocycles. The van der Waals surface area contributed by atoms with E-state index in [2.05, 4.69) is 53.2 Å². The average molecular weight is 1320 g/mol. The van der Waals surface area contributed by atoms with Gasteiger partial charge >= 0.3 is 42.5 Å². The van der Waals surface area contributed by atoms with Crippen LogP contribution in [0.1, 0.15) is 72.1 Å². The van der Waals surface area contributed by atoms with Gasteiger partial charge in [-0.2, -0.15) is 63.0 Å². The van der Waals surface area contributed by atoms with Crippen LogP contribution >= 0.6 is 23.5 Å². The molecule has 0 aliphatic carbocycles. The van der Waals surface area contributed by atoms with Crippen LogP contribution < -0.4 is 58.9 Å². The third-order valence-electron chi connectivity index (χ3n) is 12.0. The number of hydrogen-bond donors (Lipinski definition) is 16. The molecule has 0 bridgehead atoms. The fourth-order valence-electron chi connectivity index (χ4n) is 7.98. The van der Waals surface area contributed by atoms with Crippen LogP contribution in [0, 0.1) is 10.8 Å². The number of carboxylic acid groups (broad SMARTS) is 3. The normalized spacial score (nSPS) is 18.9. The number of carboxylic acids is 3. The molecule has 0 spiro atoms. The minimum absolute atomic E-state index is 0.0393. The number of amides is 6. The lowest BCUT2D eigenvalue weighted by molar-refractivity contribution is -0.193. The van der Waals surface area contributed by atoms with Crippen molar-refractivity contribution in [2.24, 2.45) is 5.73 Å². The van der Waals surface area contributed by atoms with Crippen molar-refractivity contribution in [1.82, 2.24) is 47.9 Å². The van der Waals surface area contributed by atoms with E-state index in [0.717, 1.165) is 50.0 Å². The Labute approximate surface area is 506 Å². The molecule has 4 heterocycles. The number of urea groups is 1. The maximum atomic E-state index is 13.2. The van der Waals surface area contributed by atoms with E-state index in [0.29, 0.717) is 86.8 Å². The molecule has 6 amide bonds. The largest absolute Gasteiger partial charge is 0.490 e. The van der Waals surface area contributed by atoms with E-state index in [9.17, 15) is 63.5 Å². The molecule has 0 radical (unpaired) electrons. The molecule has 28 nitrogen and oxygen atoms in total. The summed E-state index contributed by atoms with van der Waals surface area (Å²) in [4.78, 5) is 90.5. The van der Waals surface area contributed by atoms with Crippen molar-refractivity contribution in [1.29, 1.82) is 10.8 Å². The van der Waals surface area contributed by atoms with Gasteiger partial charge in [-0.15, -0.1) is 0 Å². The molecular formula is C49H74F9N13O15S2. The van der Waals surface area contributed by atoms with Crippen LogP contribution in [0.2, 0.25) is 0 Å². The summed E-state index contributed by atoms with van der Waals surface area (Å²) >= 11 is 3.83. The smallest absolute Gasteiger partial charge is 0.475 e. The summed E-state index contributed by atoms with van der Waals surface area (Å²) in [5.41, 5.74) is 5.90. The first-order valence-electron chi connectivity index (χ1n) is 27.1. The molecule has 39 heteroatoms. The SMILES string of the molecule is N=C1N[C@H]2[C@H](CS[C@H]2CCCCC(=O)NCCOCCNC(=O)c2cc(NC(=O)NCCOCCOCCN)cc(C(=O)NCCOCCNC(=O)CCCC[C@@H]3SC[C@@H]4NC(=N)N[C@@H]43)c2)N1.O=C(O)C(F)(F)F.O=C(O)C(F)(F)F.O=C(O)C(F)(F)F. The first-order chi connectivity index (χ1) is 41.4. The Bertz CT molecular complexity index is 2260. The molecule has 4 aliphatic rings. The molecule has 17 N–H and O–H groups in total. The van der Waals surface area contributed by atoms with Gasteiger partial charge in [-0.1, -0.05) is 12.8 Å². The van der Waals surface area contributed by atoms with Crippen LogP contribution in [-0.2, 0) is 42.9 Å². The second-order valence-electron chi connectivity index (χ2n) is 18.9. The number of thioether (sulfide) groups is 2. The fraction of sp³-hybridized carbons (Fsp3) is 0.673. The summed E-state index contributed by atoms with van der Waals surface area (Å²) in [5, 5.41) is 67.2. The van der Waals surface area contributed by atoms with Crippen LogP contribution in [0.3, 0.4) is 0 Å². The Morgan fingerprint density at radius 3 is 1.22 bits per heavy atom. The zero-order valence-corrected chi connectivity index (χ0v) is 48.8. The molecule has 6 atom stereocenters. The van der Waals surface area contributed by atoms with Crippen LogP contribution in [0.4, 0.5) is 50.0 Å². The molecule has 1 aromatic rings. The number of carbonyl (C=O) groups excluding carboxylic acids is 5. The summed E-state index contributed by atoms with van der Waals surface area (Å²) in [6, 6.07) is 5.00. The number of nitrogens with two attached hydrogens (primary N) is 1. The maximum Gasteiger partial charge on any atom is 0.490 e. The Kier molecular flexibility index (Phi) is 35.7. The highest BCUT2D eigenvalue weighted by molar-refractivity contribution is 8.00. The van der Waals surface area contributed by atoms with Crippen LogP contribution in [-0.4, -0.2) is 232 Å². The summed E-state index contributed by atoms with van der Waals surface area (Å²) in [7, 11) is 0. The number of anilines is 1. The summed E-state index contributed by atoms with van der Waals surface area (Å²) in [5.74, 6) is -6.54. The molecule has 4 fully saturated rings. The number of fused-ring (bicyclic) bond motifs is 2. The lowest BCUT2D eigenvalue weighted by Crippen LogP contribution is -2.36. The summed E-state index contributed by atoms with van der Waals surface area (Å²) in [6.07, 6.45) is -8.94. The minimum atomic E-state index is -5.08. The topological polar surface area (TPSA) is 428 Å². The van der Waals surface area contributed by atoms with Crippen LogP contribution in [0.5, 0.6) is 0 Å². The van der Waals surface area contributed by atoms with Gasteiger partial charge in [0.15, 0.2) is 11.9 Å². The number of ether oxygens (including phenoxy) is 4. The van der Waals surface area contributed by atoms with Gasteiger partial charge in [-0.3, -0.25) is 30.0 Å². The molecule has 5 rings (SSSR count). The lowest BCUT2D eigenvalue weighted by atomic mass is 10.0. The number of unbranched alkanes of at least 4 members (excludes halogenated alkanes) is 2. The standard InChI is InChI=1S/C43H71N13O9S2.3C2HF3O2/c44-9-15-62-21-22-65-20-14-51-43(61)52-30-24-28(39(59)49-12-18-63-16-10-47-35(57)7-3-1-5-33-37-31(26-66-33)53-41(45)55-37)23-29(25-30)40(60)50-13-19-64-17-11-48-36(58)8-4-2-6-34-38-32(27-67-34)54-42(46)56-38;3*3-2(4,5)1(6)7/h23-25,31-34,37-38H,1-22,26-27,44H2,(H,47,57)(H,48,58)(H,49,59)(H,50,60)(H3,45,53,55)(H3,46,54,56)(H2,51,52,61);3*(H,6,7)/t31-,32-,33-,34-,37-,38-;;;/m0.../s1. The van der Waals surface area contributed by atoms with Gasteiger partial charge in [0, 0.05) is 90.9 Å². The van der Waals surface area contributed by atoms with Gasteiger partial charge < -0.3 is 93.2 Å². The monoisotopic (exact) mass is 1320 g/mol. The van der Waals surface area contributed by atoms with Gasteiger partial charge in [0.05, 0.1) is 77.0 Å². The van der Waals surface area contributed by atoms with Gasteiger partial charge in [0.2, 0.25) is 11.8 Å². The Morgan fingerprint density at radius 1 is 0.511 bits per heavy atom. The van der Waals surface area contributed by atoms with Crippen molar-refractivity contribution in [3.8, 4) is 0 Å². The number of hydrogen-bond acceptors (Lipinski definition) is 17. The Hall–Kier alpha value is -6.81. The molecule has 0 saturated carbocycles. The average Bonchev–Trinajstić information content (AvgIpc) is 3.32. The van der Waals surface area contributed by atoms with Gasteiger partial charge in [-0.25, -0.2) is 19.2 Å². The van der Waals surface area contributed by atoms with E-state index in [1.165, 1.54) is 18.2 Å². The highest BCUT2D eigenvalue weighted by Crippen LogP contribution is 2.34. The van der Waals surface area contributed by atoms with Crippen molar-refractivity contribution in [2.45, 2.75) is 105 Å². The van der Waals surface area contributed by atoms with E-state index < -0.39 is 54.3 Å².